The van der Waals surface area contributed by atoms with E-state index in [-0.39, 0.29) is 24.5 Å². The van der Waals surface area contributed by atoms with E-state index in [0.29, 0.717) is 25.2 Å². The van der Waals surface area contributed by atoms with E-state index in [0.717, 1.165) is 35.7 Å². The third-order valence-electron chi connectivity index (χ3n) is 7.80. The van der Waals surface area contributed by atoms with Crippen molar-refractivity contribution >= 4 is 17.5 Å². The highest BCUT2D eigenvalue weighted by molar-refractivity contribution is 5.98. The van der Waals surface area contributed by atoms with Crippen molar-refractivity contribution in [1.82, 2.24) is 9.80 Å². The smallest absolute Gasteiger partial charge is 0.265 e. The van der Waals surface area contributed by atoms with Crippen molar-refractivity contribution in [2.24, 2.45) is 0 Å². The molecule has 0 N–H and O–H groups in total. The quantitative estimate of drug-likeness (QED) is 0.331. The molecule has 0 aliphatic carbocycles. The molecule has 2 aliphatic heterocycles. The van der Waals surface area contributed by atoms with Crippen molar-refractivity contribution in [3.05, 3.63) is 131 Å². The first-order valence-electron chi connectivity index (χ1n) is 13.8. The van der Waals surface area contributed by atoms with Gasteiger partial charge in [-0.3, -0.25) is 14.5 Å². The van der Waals surface area contributed by atoms with Gasteiger partial charge < -0.3 is 14.5 Å². The van der Waals surface area contributed by atoms with Gasteiger partial charge in [0.1, 0.15) is 5.75 Å². The highest BCUT2D eigenvalue weighted by Gasteiger charge is 2.29. The Balaban J connectivity index is 1.11. The Hall–Kier alpha value is -4.42. The lowest BCUT2D eigenvalue weighted by molar-refractivity contribution is -0.121. The third-order valence-corrected chi connectivity index (χ3v) is 7.80. The second-order valence-corrected chi connectivity index (χ2v) is 10.5. The highest BCUT2D eigenvalue weighted by Crippen LogP contribution is 2.34. The number of hydrogen-bond donors (Lipinski definition) is 0. The maximum atomic E-state index is 13.4. The molecule has 1 fully saturated rings. The van der Waals surface area contributed by atoms with Crippen LogP contribution in [0.1, 0.15) is 38.7 Å². The lowest BCUT2D eigenvalue weighted by Gasteiger charge is -2.39. The van der Waals surface area contributed by atoms with E-state index in [1.54, 1.807) is 4.90 Å². The number of carbonyl (C=O) groups excluding carboxylic acids is 2. The maximum absolute atomic E-state index is 13.4. The van der Waals surface area contributed by atoms with E-state index in [1.807, 2.05) is 66.4 Å². The Bertz CT molecular complexity index is 1440. The Kier molecular flexibility index (Phi) is 7.34. The summed E-state index contributed by atoms with van der Waals surface area (Å²) in [4.78, 5) is 32.2. The van der Waals surface area contributed by atoms with Gasteiger partial charge >= 0.3 is 0 Å². The summed E-state index contributed by atoms with van der Waals surface area (Å²) in [7, 11) is 0. The van der Waals surface area contributed by atoms with Crippen LogP contribution in [0.15, 0.2) is 103 Å². The summed E-state index contributed by atoms with van der Waals surface area (Å²) in [5.74, 6) is 0.705. The second kappa shape index (κ2) is 11.4. The molecule has 2 heterocycles. The molecule has 6 heteroatoms. The molecule has 0 spiro atoms. The maximum Gasteiger partial charge on any atom is 0.265 e. The minimum atomic E-state index is -0.0707. The summed E-state index contributed by atoms with van der Waals surface area (Å²) in [5.41, 5.74) is 6.04. The summed E-state index contributed by atoms with van der Waals surface area (Å²) in [6.45, 7) is 5.43. The Morgan fingerprint density at radius 2 is 1.43 bits per heavy atom. The summed E-state index contributed by atoms with van der Waals surface area (Å²) in [5, 5.41) is 0. The summed E-state index contributed by atoms with van der Waals surface area (Å²) < 4.78 is 5.63. The lowest BCUT2D eigenvalue weighted by atomic mass is 9.96. The topological polar surface area (TPSA) is 53.1 Å². The molecule has 0 atom stereocenters. The Morgan fingerprint density at radius 1 is 0.800 bits per heavy atom. The molecule has 2 amide bonds. The highest BCUT2D eigenvalue weighted by atomic mass is 16.5. The van der Waals surface area contributed by atoms with Gasteiger partial charge in [-0.05, 0) is 53.4 Å². The number of aryl methyl sites for hydroxylation is 1. The van der Waals surface area contributed by atoms with Crippen LogP contribution in [0.4, 0.5) is 5.69 Å². The van der Waals surface area contributed by atoms with Gasteiger partial charge in [0.25, 0.3) is 11.8 Å². The molecule has 4 aromatic carbocycles. The van der Waals surface area contributed by atoms with Gasteiger partial charge in [0.2, 0.25) is 0 Å². The molecule has 0 radical (unpaired) electrons. The number of anilines is 1. The van der Waals surface area contributed by atoms with Crippen LogP contribution in [0.5, 0.6) is 5.75 Å². The van der Waals surface area contributed by atoms with Gasteiger partial charge in [-0.2, -0.15) is 0 Å². The number of hydrogen-bond acceptors (Lipinski definition) is 4. The number of rotatable bonds is 6. The van der Waals surface area contributed by atoms with Crippen LogP contribution in [-0.4, -0.2) is 54.4 Å². The van der Waals surface area contributed by atoms with Crippen molar-refractivity contribution in [1.29, 1.82) is 0 Å². The number of nitrogens with zero attached hydrogens (tertiary/aromatic N) is 3. The molecule has 0 aromatic heterocycles. The van der Waals surface area contributed by atoms with Gasteiger partial charge in [-0.1, -0.05) is 78.9 Å². The number of fused-ring (bicyclic) bond motifs is 1. The van der Waals surface area contributed by atoms with Crippen molar-refractivity contribution in [2.45, 2.75) is 19.5 Å². The standard InChI is InChI=1S/C34H33N3O3/c1-25-12-17-30-31(22-25)40-24-32(38)37(30)23-26-13-15-29(16-14-26)34(39)36-20-18-35(19-21-36)33(27-8-4-2-5-9-27)28-10-6-3-7-11-28/h2-17,22,33H,18-21,23-24H2,1H3. The Labute approximate surface area is 235 Å². The number of piperazine rings is 1. The first-order valence-corrected chi connectivity index (χ1v) is 13.8. The third kappa shape index (κ3) is 5.36. The van der Waals surface area contributed by atoms with Crippen LogP contribution in [-0.2, 0) is 11.3 Å². The van der Waals surface area contributed by atoms with Gasteiger partial charge in [-0.25, -0.2) is 0 Å². The predicted molar refractivity (Wildman–Crippen MR) is 157 cm³/mol. The average molecular weight is 532 g/mol. The Morgan fingerprint density at radius 3 is 2.05 bits per heavy atom. The van der Waals surface area contributed by atoms with Crippen LogP contribution in [0.25, 0.3) is 0 Å². The number of carbonyl (C=O) groups is 2. The first-order chi connectivity index (χ1) is 19.6. The molecular weight excluding hydrogens is 498 g/mol. The van der Waals surface area contributed by atoms with E-state index in [9.17, 15) is 9.59 Å². The minimum Gasteiger partial charge on any atom is -0.482 e. The monoisotopic (exact) mass is 531 g/mol. The molecule has 2 aliphatic rings. The molecule has 202 valence electrons. The van der Waals surface area contributed by atoms with Crippen LogP contribution < -0.4 is 9.64 Å². The van der Waals surface area contributed by atoms with Crippen molar-refractivity contribution in [3.8, 4) is 5.75 Å². The SMILES string of the molecule is Cc1ccc2c(c1)OCC(=O)N2Cc1ccc(C(=O)N2CCN(C(c3ccccc3)c3ccccc3)CC2)cc1. The number of amides is 2. The minimum absolute atomic E-state index is 0.0361. The fourth-order valence-electron chi connectivity index (χ4n) is 5.67. The average Bonchev–Trinajstić information content (AvgIpc) is 3.00. The molecule has 6 rings (SSSR count). The van der Waals surface area contributed by atoms with Gasteiger partial charge in [0.15, 0.2) is 6.61 Å². The predicted octanol–water partition coefficient (Wildman–Crippen LogP) is 5.47. The van der Waals surface area contributed by atoms with E-state index in [2.05, 4.69) is 53.4 Å². The zero-order valence-corrected chi connectivity index (χ0v) is 22.7. The fourth-order valence-corrected chi connectivity index (χ4v) is 5.67. The van der Waals surface area contributed by atoms with Crippen LogP contribution in [0.3, 0.4) is 0 Å². The van der Waals surface area contributed by atoms with E-state index < -0.39 is 0 Å². The molecule has 0 saturated carbocycles. The number of benzene rings is 4. The van der Waals surface area contributed by atoms with E-state index >= 15 is 0 Å². The largest absolute Gasteiger partial charge is 0.482 e. The van der Waals surface area contributed by atoms with Crippen molar-refractivity contribution < 1.29 is 14.3 Å². The molecule has 0 unspecified atom stereocenters. The molecule has 6 nitrogen and oxygen atoms in total. The molecule has 40 heavy (non-hydrogen) atoms. The summed E-state index contributed by atoms with van der Waals surface area (Å²) in [6.07, 6.45) is 0. The van der Waals surface area contributed by atoms with E-state index in [1.165, 1.54) is 11.1 Å². The fraction of sp³-hybridized carbons (Fsp3) is 0.235. The molecule has 0 bridgehead atoms. The van der Waals surface area contributed by atoms with Gasteiger partial charge in [0, 0.05) is 31.7 Å². The van der Waals surface area contributed by atoms with E-state index in [4.69, 9.17) is 4.74 Å². The zero-order chi connectivity index (χ0) is 27.5. The molecular formula is C34H33N3O3. The molecule has 1 saturated heterocycles. The normalized spacial score (nSPS) is 15.6. The second-order valence-electron chi connectivity index (χ2n) is 10.5. The zero-order valence-electron chi connectivity index (χ0n) is 22.7. The molecule has 4 aromatic rings. The van der Waals surface area contributed by atoms with Crippen molar-refractivity contribution in [2.75, 3.05) is 37.7 Å². The number of ether oxygens (including phenoxy) is 1. The van der Waals surface area contributed by atoms with Crippen LogP contribution >= 0.6 is 0 Å². The lowest BCUT2D eigenvalue weighted by Crippen LogP contribution is -2.49. The van der Waals surface area contributed by atoms with Crippen LogP contribution in [0, 0.1) is 6.92 Å². The van der Waals surface area contributed by atoms with Gasteiger partial charge in [0.05, 0.1) is 18.3 Å². The van der Waals surface area contributed by atoms with Crippen LogP contribution in [0.2, 0.25) is 0 Å². The summed E-state index contributed by atoms with van der Waals surface area (Å²) in [6, 6.07) is 34.8. The van der Waals surface area contributed by atoms with Crippen molar-refractivity contribution in [3.63, 3.8) is 0 Å². The first kappa shape index (κ1) is 25.8. The summed E-state index contributed by atoms with van der Waals surface area (Å²) >= 11 is 0. The van der Waals surface area contributed by atoms with Gasteiger partial charge in [-0.15, -0.1) is 0 Å².